The lowest BCUT2D eigenvalue weighted by Gasteiger charge is -2.07. The molecule has 0 aliphatic rings. The van der Waals surface area contributed by atoms with Crippen LogP contribution in [0.25, 0.3) is 0 Å². The van der Waals surface area contributed by atoms with Gasteiger partial charge >= 0.3 is 6.03 Å². The van der Waals surface area contributed by atoms with Crippen LogP contribution in [-0.2, 0) is 4.84 Å². The largest absolute Gasteiger partial charge is 0.344 e. The molecule has 0 unspecified atom stereocenters. The van der Waals surface area contributed by atoms with Gasteiger partial charge in [-0.15, -0.1) is 0 Å². The number of aromatic nitrogens is 1. The number of nitrogens with one attached hydrogen (secondary N) is 2. The summed E-state index contributed by atoms with van der Waals surface area (Å²) in [5, 5.41) is 2.57. The molecule has 0 radical (unpaired) electrons. The average molecular weight is 195 g/mol. The zero-order valence-corrected chi connectivity index (χ0v) is 8.42. The van der Waals surface area contributed by atoms with E-state index in [1.165, 1.54) is 7.11 Å². The molecule has 76 valence electrons. The summed E-state index contributed by atoms with van der Waals surface area (Å²) in [6, 6.07) is 3.34. The SMILES string of the molecule is CONC(=O)Nc1nc(C)ccc1C. The highest BCUT2D eigenvalue weighted by Crippen LogP contribution is 2.11. The van der Waals surface area contributed by atoms with Crippen LogP contribution >= 0.6 is 0 Å². The molecule has 1 rings (SSSR count). The molecule has 0 aromatic carbocycles. The predicted octanol–water partition coefficient (Wildman–Crippen LogP) is 1.38. The molecule has 5 nitrogen and oxygen atoms in total. The van der Waals surface area contributed by atoms with Crippen molar-refractivity contribution in [1.82, 2.24) is 10.5 Å². The van der Waals surface area contributed by atoms with Gasteiger partial charge in [-0.05, 0) is 25.5 Å². The number of pyridine rings is 1. The van der Waals surface area contributed by atoms with Crippen molar-refractivity contribution in [2.75, 3.05) is 12.4 Å². The minimum atomic E-state index is -0.436. The normalized spacial score (nSPS) is 9.64. The van der Waals surface area contributed by atoms with E-state index in [4.69, 9.17) is 0 Å². The van der Waals surface area contributed by atoms with Gasteiger partial charge in [-0.25, -0.2) is 15.3 Å². The lowest BCUT2D eigenvalue weighted by molar-refractivity contribution is 0.114. The summed E-state index contributed by atoms with van der Waals surface area (Å²) >= 11 is 0. The molecule has 1 aromatic heterocycles. The molecule has 0 fully saturated rings. The summed E-state index contributed by atoms with van der Waals surface area (Å²) < 4.78 is 0. The molecule has 0 saturated carbocycles. The van der Waals surface area contributed by atoms with E-state index in [1.807, 2.05) is 26.0 Å². The van der Waals surface area contributed by atoms with Crippen molar-refractivity contribution >= 4 is 11.8 Å². The second-order valence-corrected chi connectivity index (χ2v) is 2.88. The monoisotopic (exact) mass is 195 g/mol. The molecule has 0 saturated heterocycles. The van der Waals surface area contributed by atoms with Crippen molar-refractivity contribution < 1.29 is 9.63 Å². The number of hydroxylamine groups is 1. The molecule has 0 bridgehead atoms. The summed E-state index contributed by atoms with van der Waals surface area (Å²) in [4.78, 5) is 19.7. The van der Waals surface area contributed by atoms with Crippen molar-refractivity contribution in [3.8, 4) is 0 Å². The smallest absolute Gasteiger partial charge is 0.290 e. The van der Waals surface area contributed by atoms with E-state index >= 15 is 0 Å². The number of anilines is 1. The van der Waals surface area contributed by atoms with Gasteiger partial charge in [0.2, 0.25) is 0 Å². The highest BCUT2D eigenvalue weighted by atomic mass is 16.6. The third-order valence-electron chi connectivity index (χ3n) is 1.66. The molecule has 2 N–H and O–H groups in total. The van der Waals surface area contributed by atoms with E-state index < -0.39 is 6.03 Å². The van der Waals surface area contributed by atoms with Gasteiger partial charge in [-0.1, -0.05) is 6.07 Å². The van der Waals surface area contributed by atoms with Crippen LogP contribution in [0.4, 0.5) is 10.6 Å². The van der Waals surface area contributed by atoms with E-state index in [2.05, 4.69) is 20.6 Å². The Morgan fingerprint density at radius 2 is 2.14 bits per heavy atom. The molecule has 1 aromatic rings. The topological polar surface area (TPSA) is 63.2 Å². The van der Waals surface area contributed by atoms with Crippen LogP contribution in [0.3, 0.4) is 0 Å². The minimum absolute atomic E-state index is 0.436. The first kappa shape index (κ1) is 10.5. The molecule has 0 atom stereocenters. The molecule has 14 heavy (non-hydrogen) atoms. The number of rotatable bonds is 2. The van der Waals surface area contributed by atoms with Crippen molar-refractivity contribution in [3.05, 3.63) is 23.4 Å². The molecule has 1 heterocycles. The van der Waals surface area contributed by atoms with E-state index in [0.717, 1.165) is 11.3 Å². The van der Waals surface area contributed by atoms with Gasteiger partial charge in [0.25, 0.3) is 0 Å². The fourth-order valence-corrected chi connectivity index (χ4v) is 0.979. The molecular formula is C9H13N3O2. The Bertz CT molecular complexity index is 339. The third-order valence-corrected chi connectivity index (χ3v) is 1.66. The molecule has 2 amide bonds. The van der Waals surface area contributed by atoms with E-state index in [0.29, 0.717) is 5.82 Å². The number of urea groups is 1. The summed E-state index contributed by atoms with van der Waals surface area (Å²) in [5.74, 6) is 0.541. The van der Waals surface area contributed by atoms with Crippen LogP contribution < -0.4 is 10.8 Å². The van der Waals surface area contributed by atoms with Gasteiger partial charge in [0, 0.05) is 5.69 Å². The molecule has 0 spiro atoms. The van der Waals surface area contributed by atoms with Gasteiger partial charge in [0.1, 0.15) is 5.82 Å². The number of nitrogens with zero attached hydrogens (tertiary/aromatic N) is 1. The quantitative estimate of drug-likeness (QED) is 0.701. The summed E-state index contributed by atoms with van der Waals surface area (Å²) in [7, 11) is 1.37. The molecule has 0 aliphatic carbocycles. The first-order valence-corrected chi connectivity index (χ1v) is 4.17. The fraction of sp³-hybridized carbons (Fsp3) is 0.333. The Kier molecular flexibility index (Phi) is 3.41. The first-order chi connectivity index (χ1) is 6.63. The lowest BCUT2D eigenvalue weighted by Crippen LogP contribution is -2.28. The molecule has 5 heteroatoms. The van der Waals surface area contributed by atoms with Crippen molar-refractivity contribution in [3.63, 3.8) is 0 Å². The maximum atomic E-state index is 11.1. The number of hydrogen-bond acceptors (Lipinski definition) is 3. The van der Waals surface area contributed by atoms with Crippen LogP contribution in [-0.4, -0.2) is 18.1 Å². The summed E-state index contributed by atoms with van der Waals surface area (Å²) in [5.41, 5.74) is 3.91. The number of hydrogen-bond donors (Lipinski definition) is 2. The van der Waals surface area contributed by atoms with Gasteiger partial charge in [0.05, 0.1) is 7.11 Å². The number of amides is 2. The maximum absolute atomic E-state index is 11.1. The van der Waals surface area contributed by atoms with Crippen molar-refractivity contribution in [1.29, 1.82) is 0 Å². The van der Waals surface area contributed by atoms with Crippen molar-refractivity contribution in [2.45, 2.75) is 13.8 Å². The first-order valence-electron chi connectivity index (χ1n) is 4.17. The van der Waals surface area contributed by atoms with Crippen LogP contribution in [0.2, 0.25) is 0 Å². The second kappa shape index (κ2) is 4.57. The van der Waals surface area contributed by atoms with Crippen LogP contribution in [0.5, 0.6) is 0 Å². The van der Waals surface area contributed by atoms with Gasteiger partial charge in [0.15, 0.2) is 0 Å². The fourth-order valence-electron chi connectivity index (χ4n) is 0.979. The van der Waals surface area contributed by atoms with Crippen LogP contribution in [0.15, 0.2) is 12.1 Å². The van der Waals surface area contributed by atoms with E-state index in [9.17, 15) is 4.79 Å². The average Bonchev–Trinajstić information content (AvgIpc) is 2.12. The highest BCUT2D eigenvalue weighted by molar-refractivity contribution is 5.88. The minimum Gasteiger partial charge on any atom is -0.290 e. The molecular weight excluding hydrogens is 182 g/mol. The van der Waals surface area contributed by atoms with Crippen molar-refractivity contribution in [2.24, 2.45) is 0 Å². The number of carbonyl (C=O) groups is 1. The highest BCUT2D eigenvalue weighted by Gasteiger charge is 2.04. The maximum Gasteiger partial charge on any atom is 0.344 e. The Labute approximate surface area is 82.4 Å². The Morgan fingerprint density at radius 3 is 2.79 bits per heavy atom. The zero-order chi connectivity index (χ0) is 10.6. The van der Waals surface area contributed by atoms with Crippen LogP contribution in [0.1, 0.15) is 11.3 Å². The standard InChI is InChI=1S/C9H13N3O2/c1-6-4-5-7(2)10-8(6)11-9(13)12-14-3/h4-5H,1-3H3,(H2,10,11,12,13). The summed E-state index contributed by atoms with van der Waals surface area (Å²) in [6.07, 6.45) is 0. The van der Waals surface area contributed by atoms with Gasteiger partial charge in [-0.3, -0.25) is 10.2 Å². The Morgan fingerprint density at radius 1 is 1.43 bits per heavy atom. The van der Waals surface area contributed by atoms with E-state index in [-0.39, 0.29) is 0 Å². The Balaban J connectivity index is 2.75. The van der Waals surface area contributed by atoms with E-state index in [1.54, 1.807) is 0 Å². The number of aryl methyl sites for hydroxylation is 2. The van der Waals surface area contributed by atoms with Crippen LogP contribution in [0, 0.1) is 13.8 Å². The predicted molar refractivity (Wildman–Crippen MR) is 52.9 cm³/mol. The third kappa shape index (κ3) is 2.70. The van der Waals surface area contributed by atoms with Gasteiger partial charge in [-0.2, -0.15) is 0 Å². The second-order valence-electron chi connectivity index (χ2n) is 2.88. The van der Waals surface area contributed by atoms with Gasteiger partial charge < -0.3 is 0 Å². The molecule has 0 aliphatic heterocycles. The summed E-state index contributed by atoms with van der Waals surface area (Å²) in [6.45, 7) is 3.73. The number of carbonyl (C=O) groups excluding carboxylic acids is 1. The Hall–Kier alpha value is -1.62. The lowest BCUT2D eigenvalue weighted by atomic mass is 10.2. The zero-order valence-electron chi connectivity index (χ0n) is 8.42.